The third kappa shape index (κ3) is 4.88. The maximum absolute atomic E-state index is 12.9. The smallest absolute Gasteiger partial charge is 0.261 e. The molecular formula is C22H27N3O2. The third-order valence-electron chi connectivity index (χ3n) is 4.45. The van der Waals surface area contributed by atoms with E-state index in [4.69, 9.17) is 4.74 Å². The number of nitrogens with one attached hydrogen (secondary N) is 2. The Balaban J connectivity index is 1.77. The van der Waals surface area contributed by atoms with Gasteiger partial charge in [-0.2, -0.15) is 0 Å². The van der Waals surface area contributed by atoms with Crippen LogP contribution in [0, 0.1) is 5.92 Å². The fraction of sp³-hybridized carbons (Fsp3) is 0.364. The summed E-state index contributed by atoms with van der Waals surface area (Å²) in [6, 6.07) is 17.2. The van der Waals surface area contributed by atoms with Crippen LogP contribution in [-0.4, -0.2) is 22.0 Å². The minimum Gasteiger partial charge on any atom is -0.481 e. The lowest BCUT2D eigenvalue weighted by Gasteiger charge is -2.23. The number of H-pyrrole nitrogens is 1. The Labute approximate surface area is 160 Å². The standard InChI is InChI=1S/C22H27N3O2/c1-4-20(27-16-10-6-5-7-11-16)22(26)25-19(14-15(2)3)21-23-17-12-8-9-13-18(17)24-21/h5-13,15,19-20H,4,14H2,1-3H3,(H,23,24)(H,25,26)/t19-,20-/m1/s1. The summed E-state index contributed by atoms with van der Waals surface area (Å²) >= 11 is 0. The molecule has 0 spiro atoms. The summed E-state index contributed by atoms with van der Waals surface area (Å²) in [6.07, 6.45) is 0.856. The van der Waals surface area contributed by atoms with E-state index in [1.807, 2.05) is 61.5 Å². The number of para-hydroxylation sites is 3. The number of carbonyl (C=O) groups excluding carboxylic acids is 1. The normalized spacial score (nSPS) is 13.5. The van der Waals surface area contributed by atoms with E-state index in [1.54, 1.807) is 0 Å². The Hall–Kier alpha value is -2.82. The van der Waals surface area contributed by atoms with Crippen LogP contribution in [0.5, 0.6) is 5.75 Å². The Morgan fingerprint density at radius 2 is 1.81 bits per heavy atom. The molecule has 1 aromatic heterocycles. The molecule has 2 atom stereocenters. The van der Waals surface area contributed by atoms with Crippen LogP contribution in [0.2, 0.25) is 0 Å². The van der Waals surface area contributed by atoms with Crippen molar-refractivity contribution in [1.29, 1.82) is 0 Å². The largest absolute Gasteiger partial charge is 0.481 e. The Bertz CT molecular complexity index is 840. The van der Waals surface area contributed by atoms with Crippen molar-refractivity contribution in [1.82, 2.24) is 15.3 Å². The van der Waals surface area contributed by atoms with Crippen LogP contribution in [0.1, 0.15) is 45.5 Å². The summed E-state index contributed by atoms with van der Waals surface area (Å²) in [4.78, 5) is 20.9. The Morgan fingerprint density at radius 1 is 1.11 bits per heavy atom. The molecule has 1 heterocycles. The van der Waals surface area contributed by atoms with Crippen molar-refractivity contribution >= 4 is 16.9 Å². The zero-order valence-corrected chi connectivity index (χ0v) is 16.1. The molecule has 2 N–H and O–H groups in total. The van der Waals surface area contributed by atoms with Gasteiger partial charge in [0.05, 0.1) is 17.1 Å². The second-order valence-corrected chi connectivity index (χ2v) is 7.16. The number of aromatic amines is 1. The summed E-state index contributed by atoms with van der Waals surface area (Å²) in [5.41, 5.74) is 1.88. The molecule has 142 valence electrons. The summed E-state index contributed by atoms with van der Waals surface area (Å²) in [7, 11) is 0. The van der Waals surface area contributed by atoms with Crippen molar-refractivity contribution in [2.45, 2.75) is 45.8 Å². The van der Waals surface area contributed by atoms with Crippen molar-refractivity contribution in [2.75, 3.05) is 0 Å². The quantitative estimate of drug-likeness (QED) is 0.612. The summed E-state index contributed by atoms with van der Waals surface area (Å²) in [5.74, 6) is 1.78. The molecule has 5 nitrogen and oxygen atoms in total. The van der Waals surface area contributed by atoms with E-state index >= 15 is 0 Å². The van der Waals surface area contributed by atoms with Gasteiger partial charge in [0.2, 0.25) is 0 Å². The second-order valence-electron chi connectivity index (χ2n) is 7.16. The number of aromatic nitrogens is 2. The predicted octanol–water partition coefficient (Wildman–Crippen LogP) is 4.62. The third-order valence-corrected chi connectivity index (χ3v) is 4.45. The van der Waals surface area contributed by atoms with Crippen LogP contribution in [-0.2, 0) is 4.79 Å². The second kappa shape index (κ2) is 8.71. The van der Waals surface area contributed by atoms with Gasteiger partial charge in [-0.15, -0.1) is 0 Å². The Kier molecular flexibility index (Phi) is 6.12. The molecule has 0 bridgehead atoms. The first-order valence-corrected chi connectivity index (χ1v) is 9.53. The number of rotatable bonds is 8. The van der Waals surface area contributed by atoms with Gasteiger partial charge in [-0.3, -0.25) is 4.79 Å². The molecule has 5 heteroatoms. The van der Waals surface area contributed by atoms with E-state index in [2.05, 4.69) is 29.1 Å². The van der Waals surface area contributed by atoms with Crippen molar-refractivity contribution in [3.63, 3.8) is 0 Å². The van der Waals surface area contributed by atoms with E-state index in [1.165, 1.54) is 0 Å². The average Bonchev–Trinajstić information content (AvgIpc) is 3.10. The first-order chi connectivity index (χ1) is 13.1. The first-order valence-electron chi connectivity index (χ1n) is 9.53. The van der Waals surface area contributed by atoms with Gasteiger partial charge >= 0.3 is 0 Å². The summed E-state index contributed by atoms with van der Waals surface area (Å²) in [5, 5.41) is 3.14. The molecule has 3 aromatic rings. The zero-order chi connectivity index (χ0) is 19.2. The van der Waals surface area contributed by atoms with E-state index in [0.29, 0.717) is 18.1 Å². The van der Waals surface area contributed by atoms with Crippen molar-refractivity contribution < 1.29 is 9.53 Å². The van der Waals surface area contributed by atoms with Crippen LogP contribution in [0.4, 0.5) is 0 Å². The van der Waals surface area contributed by atoms with E-state index in [9.17, 15) is 4.79 Å². The molecule has 0 aliphatic rings. The maximum Gasteiger partial charge on any atom is 0.261 e. The number of nitrogens with zero attached hydrogens (tertiary/aromatic N) is 1. The number of fused-ring (bicyclic) bond motifs is 1. The van der Waals surface area contributed by atoms with Gasteiger partial charge in [-0.1, -0.05) is 51.1 Å². The highest BCUT2D eigenvalue weighted by Crippen LogP contribution is 2.23. The average molecular weight is 365 g/mol. The van der Waals surface area contributed by atoms with Gasteiger partial charge in [-0.25, -0.2) is 4.98 Å². The lowest BCUT2D eigenvalue weighted by atomic mass is 10.0. The Morgan fingerprint density at radius 3 is 2.48 bits per heavy atom. The first kappa shape index (κ1) is 19.0. The molecule has 3 rings (SSSR count). The molecular weight excluding hydrogens is 338 g/mol. The van der Waals surface area contributed by atoms with Crippen molar-refractivity contribution in [2.24, 2.45) is 5.92 Å². The number of hydrogen-bond acceptors (Lipinski definition) is 3. The van der Waals surface area contributed by atoms with Gasteiger partial charge in [0.15, 0.2) is 6.10 Å². The van der Waals surface area contributed by atoms with Crippen LogP contribution in [0.15, 0.2) is 54.6 Å². The highest BCUT2D eigenvalue weighted by Gasteiger charge is 2.25. The van der Waals surface area contributed by atoms with Gasteiger partial charge in [0.25, 0.3) is 5.91 Å². The van der Waals surface area contributed by atoms with Crippen LogP contribution in [0.25, 0.3) is 11.0 Å². The minimum atomic E-state index is -0.536. The summed E-state index contributed by atoms with van der Waals surface area (Å²) < 4.78 is 5.88. The molecule has 2 aromatic carbocycles. The molecule has 0 saturated carbocycles. The van der Waals surface area contributed by atoms with E-state index < -0.39 is 6.10 Å². The number of amides is 1. The number of imidazole rings is 1. The number of carbonyl (C=O) groups is 1. The molecule has 0 aliphatic heterocycles. The number of hydrogen-bond donors (Lipinski definition) is 2. The van der Waals surface area contributed by atoms with Crippen LogP contribution in [0.3, 0.4) is 0 Å². The van der Waals surface area contributed by atoms with E-state index in [0.717, 1.165) is 23.3 Å². The molecule has 0 fully saturated rings. The van der Waals surface area contributed by atoms with E-state index in [-0.39, 0.29) is 11.9 Å². The highest BCUT2D eigenvalue weighted by atomic mass is 16.5. The number of ether oxygens (including phenoxy) is 1. The SMILES string of the molecule is CC[C@@H](Oc1ccccc1)C(=O)N[C@H](CC(C)C)c1nc2ccccc2[nH]1. The predicted molar refractivity (Wildman–Crippen MR) is 108 cm³/mol. The van der Waals surface area contributed by atoms with Gasteiger partial charge in [-0.05, 0) is 43.0 Å². The molecule has 0 radical (unpaired) electrons. The fourth-order valence-electron chi connectivity index (χ4n) is 3.10. The van der Waals surface area contributed by atoms with Crippen LogP contribution >= 0.6 is 0 Å². The lowest BCUT2D eigenvalue weighted by Crippen LogP contribution is -2.40. The van der Waals surface area contributed by atoms with Gasteiger partial charge in [0.1, 0.15) is 11.6 Å². The molecule has 1 amide bonds. The lowest BCUT2D eigenvalue weighted by molar-refractivity contribution is -0.129. The molecule has 27 heavy (non-hydrogen) atoms. The number of benzene rings is 2. The monoisotopic (exact) mass is 365 g/mol. The van der Waals surface area contributed by atoms with Gasteiger partial charge in [0, 0.05) is 0 Å². The van der Waals surface area contributed by atoms with Crippen molar-refractivity contribution in [3.05, 3.63) is 60.4 Å². The highest BCUT2D eigenvalue weighted by molar-refractivity contribution is 5.81. The van der Waals surface area contributed by atoms with Crippen molar-refractivity contribution in [3.8, 4) is 5.75 Å². The minimum absolute atomic E-state index is 0.118. The zero-order valence-electron chi connectivity index (χ0n) is 16.1. The van der Waals surface area contributed by atoms with Gasteiger partial charge < -0.3 is 15.0 Å². The fourth-order valence-corrected chi connectivity index (χ4v) is 3.10. The summed E-state index contributed by atoms with van der Waals surface area (Å²) in [6.45, 7) is 6.23. The maximum atomic E-state index is 12.9. The molecule has 0 unspecified atom stereocenters. The van der Waals surface area contributed by atoms with Crippen LogP contribution < -0.4 is 10.1 Å². The molecule has 0 aliphatic carbocycles. The molecule has 0 saturated heterocycles. The topological polar surface area (TPSA) is 67.0 Å².